The molecule has 0 aliphatic carbocycles. The third-order valence-corrected chi connectivity index (χ3v) is 4.16. The van der Waals surface area contributed by atoms with Crippen molar-refractivity contribution in [2.24, 2.45) is 0 Å². The summed E-state index contributed by atoms with van der Waals surface area (Å²) < 4.78 is 0. The summed E-state index contributed by atoms with van der Waals surface area (Å²) in [5.41, 5.74) is 0.682. The van der Waals surface area contributed by atoms with E-state index in [-0.39, 0.29) is 18.6 Å². The predicted octanol–water partition coefficient (Wildman–Crippen LogP) is 1.24. The Bertz CT molecular complexity index is 427. The molecule has 20 heavy (non-hydrogen) atoms. The lowest BCUT2D eigenvalue weighted by Crippen LogP contribution is -2.56. The molecule has 3 N–H and O–H groups in total. The molecule has 4 nitrogen and oxygen atoms in total. The number of hydrogen-bond donors (Lipinski definition) is 3. The van der Waals surface area contributed by atoms with Gasteiger partial charge < -0.3 is 15.7 Å². The molecule has 0 bridgehead atoms. The summed E-state index contributed by atoms with van der Waals surface area (Å²) in [5.74, 6) is 0.0208. The number of aliphatic hydroxyl groups excluding tert-OH is 1. The van der Waals surface area contributed by atoms with Crippen LogP contribution in [0.15, 0.2) is 30.3 Å². The van der Waals surface area contributed by atoms with Gasteiger partial charge in [0.25, 0.3) is 0 Å². The Hall–Kier alpha value is -1.39. The van der Waals surface area contributed by atoms with Crippen LogP contribution in [0.2, 0.25) is 0 Å². The van der Waals surface area contributed by atoms with E-state index in [0.29, 0.717) is 6.42 Å². The normalized spacial score (nSPS) is 23.5. The summed E-state index contributed by atoms with van der Waals surface area (Å²) in [6, 6.07) is 9.70. The first kappa shape index (κ1) is 15.0. The van der Waals surface area contributed by atoms with E-state index in [1.54, 1.807) is 0 Å². The zero-order valence-corrected chi connectivity index (χ0v) is 12.1. The molecule has 1 fully saturated rings. The minimum atomic E-state index is -0.440. The summed E-state index contributed by atoms with van der Waals surface area (Å²) in [6.07, 6.45) is 3.34. The molecule has 1 aliphatic rings. The monoisotopic (exact) mass is 276 g/mol. The van der Waals surface area contributed by atoms with Gasteiger partial charge in [-0.15, -0.1) is 0 Å². The van der Waals surface area contributed by atoms with Crippen molar-refractivity contribution in [1.82, 2.24) is 10.6 Å². The SMILES string of the molecule is CCC1(C(=O)NC(CO)Cc2ccccc2)CCCN1. The second kappa shape index (κ2) is 6.86. The van der Waals surface area contributed by atoms with Gasteiger partial charge in [0.05, 0.1) is 18.2 Å². The summed E-state index contributed by atoms with van der Waals surface area (Å²) in [4.78, 5) is 12.5. The van der Waals surface area contributed by atoms with Crippen LogP contribution in [0.25, 0.3) is 0 Å². The standard InChI is InChI=1S/C16H24N2O2/c1-2-16(9-6-10-17-16)15(20)18-14(12-19)11-13-7-4-3-5-8-13/h3-5,7-8,14,17,19H,2,6,9-12H2,1H3,(H,18,20). The van der Waals surface area contributed by atoms with Gasteiger partial charge in [0.2, 0.25) is 5.91 Å². The van der Waals surface area contributed by atoms with Crippen LogP contribution >= 0.6 is 0 Å². The van der Waals surface area contributed by atoms with Crippen LogP contribution in [0.4, 0.5) is 0 Å². The molecular weight excluding hydrogens is 252 g/mol. The summed E-state index contributed by atoms with van der Waals surface area (Å²) in [7, 11) is 0. The molecule has 1 aromatic carbocycles. The molecule has 0 spiro atoms. The summed E-state index contributed by atoms with van der Waals surface area (Å²) in [5, 5.41) is 15.8. The van der Waals surface area contributed by atoms with Gasteiger partial charge in [-0.2, -0.15) is 0 Å². The first-order chi connectivity index (χ1) is 9.70. The summed E-state index contributed by atoms with van der Waals surface area (Å²) in [6.45, 7) is 2.88. The number of hydrogen-bond acceptors (Lipinski definition) is 3. The quantitative estimate of drug-likeness (QED) is 0.732. The second-order valence-electron chi connectivity index (χ2n) is 5.51. The van der Waals surface area contributed by atoms with E-state index in [1.807, 2.05) is 37.3 Å². The third kappa shape index (κ3) is 3.38. The van der Waals surface area contributed by atoms with Gasteiger partial charge in [0.15, 0.2) is 0 Å². The topological polar surface area (TPSA) is 61.4 Å². The molecular formula is C16H24N2O2. The van der Waals surface area contributed by atoms with Gasteiger partial charge in [0, 0.05) is 0 Å². The smallest absolute Gasteiger partial charge is 0.240 e. The molecule has 2 unspecified atom stereocenters. The average Bonchev–Trinajstić information content (AvgIpc) is 2.97. The molecule has 1 heterocycles. The molecule has 1 aromatic rings. The Morgan fingerprint density at radius 2 is 2.20 bits per heavy atom. The van der Waals surface area contributed by atoms with E-state index in [2.05, 4.69) is 10.6 Å². The van der Waals surface area contributed by atoms with Crippen molar-refractivity contribution >= 4 is 5.91 Å². The second-order valence-corrected chi connectivity index (χ2v) is 5.51. The molecule has 110 valence electrons. The van der Waals surface area contributed by atoms with E-state index in [9.17, 15) is 9.90 Å². The summed E-state index contributed by atoms with van der Waals surface area (Å²) >= 11 is 0. The Labute approximate surface area is 120 Å². The van der Waals surface area contributed by atoms with E-state index < -0.39 is 5.54 Å². The van der Waals surface area contributed by atoms with Crippen molar-refractivity contribution in [3.63, 3.8) is 0 Å². The van der Waals surface area contributed by atoms with Crippen LogP contribution in [-0.2, 0) is 11.2 Å². The van der Waals surface area contributed by atoms with Gasteiger partial charge in [-0.05, 0) is 37.8 Å². The minimum Gasteiger partial charge on any atom is -0.394 e. The Balaban J connectivity index is 1.97. The largest absolute Gasteiger partial charge is 0.394 e. The maximum atomic E-state index is 12.5. The molecule has 0 saturated carbocycles. The number of amides is 1. The molecule has 2 rings (SSSR count). The van der Waals surface area contributed by atoms with Crippen molar-refractivity contribution < 1.29 is 9.90 Å². The average molecular weight is 276 g/mol. The highest BCUT2D eigenvalue weighted by Gasteiger charge is 2.39. The lowest BCUT2D eigenvalue weighted by atomic mass is 9.92. The number of benzene rings is 1. The van der Waals surface area contributed by atoms with Gasteiger partial charge in [-0.25, -0.2) is 0 Å². The highest BCUT2D eigenvalue weighted by molar-refractivity contribution is 5.86. The first-order valence-corrected chi connectivity index (χ1v) is 7.41. The number of rotatable bonds is 6. The fourth-order valence-electron chi connectivity index (χ4n) is 2.85. The molecule has 0 aromatic heterocycles. The molecule has 2 atom stereocenters. The van der Waals surface area contributed by atoms with Crippen LogP contribution < -0.4 is 10.6 Å². The Kier molecular flexibility index (Phi) is 5.15. The van der Waals surface area contributed by atoms with E-state index >= 15 is 0 Å². The number of carbonyl (C=O) groups excluding carboxylic acids is 1. The molecule has 1 saturated heterocycles. The zero-order valence-electron chi connectivity index (χ0n) is 12.1. The zero-order chi connectivity index (χ0) is 14.4. The maximum Gasteiger partial charge on any atom is 0.240 e. The van der Waals surface area contributed by atoms with E-state index in [1.165, 1.54) is 0 Å². The lowest BCUT2D eigenvalue weighted by molar-refractivity contribution is -0.128. The van der Waals surface area contributed by atoms with E-state index in [0.717, 1.165) is 31.4 Å². The highest BCUT2D eigenvalue weighted by atomic mass is 16.3. The van der Waals surface area contributed by atoms with Crippen LogP contribution in [0, 0.1) is 0 Å². The van der Waals surface area contributed by atoms with Crippen molar-refractivity contribution in [1.29, 1.82) is 0 Å². The van der Waals surface area contributed by atoms with E-state index in [4.69, 9.17) is 0 Å². The Morgan fingerprint density at radius 3 is 2.75 bits per heavy atom. The van der Waals surface area contributed by atoms with Crippen LogP contribution in [0.5, 0.6) is 0 Å². The van der Waals surface area contributed by atoms with Crippen LogP contribution in [-0.4, -0.2) is 35.7 Å². The third-order valence-electron chi connectivity index (χ3n) is 4.16. The van der Waals surface area contributed by atoms with Crippen LogP contribution in [0.3, 0.4) is 0 Å². The predicted molar refractivity (Wildman–Crippen MR) is 79.4 cm³/mol. The van der Waals surface area contributed by atoms with Crippen molar-refractivity contribution in [3.8, 4) is 0 Å². The number of nitrogens with one attached hydrogen (secondary N) is 2. The molecule has 0 radical (unpaired) electrons. The number of carbonyl (C=O) groups is 1. The fraction of sp³-hybridized carbons (Fsp3) is 0.562. The van der Waals surface area contributed by atoms with Gasteiger partial charge in [-0.3, -0.25) is 4.79 Å². The molecule has 1 aliphatic heterocycles. The van der Waals surface area contributed by atoms with Gasteiger partial charge >= 0.3 is 0 Å². The lowest BCUT2D eigenvalue weighted by Gasteiger charge is -2.29. The first-order valence-electron chi connectivity index (χ1n) is 7.41. The molecule has 4 heteroatoms. The maximum absolute atomic E-state index is 12.5. The van der Waals surface area contributed by atoms with Gasteiger partial charge in [-0.1, -0.05) is 37.3 Å². The Morgan fingerprint density at radius 1 is 1.45 bits per heavy atom. The van der Waals surface area contributed by atoms with Crippen molar-refractivity contribution in [2.75, 3.05) is 13.2 Å². The van der Waals surface area contributed by atoms with Crippen molar-refractivity contribution in [2.45, 2.75) is 44.2 Å². The van der Waals surface area contributed by atoms with Gasteiger partial charge in [0.1, 0.15) is 0 Å². The van der Waals surface area contributed by atoms with Crippen LogP contribution in [0.1, 0.15) is 31.7 Å². The highest BCUT2D eigenvalue weighted by Crippen LogP contribution is 2.23. The fourth-order valence-corrected chi connectivity index (χ4v) is 2.85. The van der Waals surface area contributed by atoms with Crippen molar-refractivity contribution in [3.05, 3.63) is 35.9 Å². The molecule has 1 amide bonds. The minimum absolute atomic E-state index is 0.0208. The number of aliphatic hydroxyl groups is 1.